The normalized spacial score (nSPS) is 25.4. The second-order valence-electron chi connectivity index (χ2n) is 4.39. The van der Waals surface area contributed by atoms with Gasteiger partial charge in [-0.25, -0.2) is 16.8 Å². The van der Waals surface area contributed by atoms with Crippen LogP contribution < -0.4 is 5.32 Å². The Morgan fingerprint density at radius 3 is 2.62 bits per heavy atom. The molecule has 0 aromatic carbocycles. The highest BCUT2D eigenvalue weighted by Crippen LogP contribution is 2.11. The molecule has 0 aromatic heterocycles. The van der Waals surface area contributed by atoms with E-state index in [4.69, 9.17) is 0 Å². The van der Waals surface area contributed by atoms with Gasteiger partial charge in [-0.2, -0.15) is 0 Å². The molecule has 1 fully saturated rings. The van der Waals surface area contributed by atoms with Crippen molar-refractivity contribution in [3.8, 4) is 0 Å². The average Bonchev–Trinajstić information content (AvgIpc) is 2.09. The molecule has 1 atom stereocenters. The lowest BCUT2D eigenvalue weighted by atomic mass is 10.2. The molecule has 1 saturated heterocycles. The Bertz CT molecular complexity index is 413. The summed E-state index contributed by atoms with van der Waals surface area (Å²) in [7, 11) is -5.79. The zero-order chi connectivity index (χ0) is 12.2. The Hall–Kier alpha value is -0.140. The molecule has 96 valence electrons. The third-order valence-electron chi connectivity index (χ3n) is 2.59. The van der Waals surface area contributed by atoms with Gasteiger partial charge in [-0.15, -0.1) is 0 Å². The van der Waals surface area contributed by atoms with Gasteiger partial charge in [0.05, 0.1) is 17.3 Å². The molecular weight excluding hydrogens is 250 g/mol. The minimum Gasteiger partial charge on any atom is -0.313 e. The minimum absolute atomic E-state index is 0.00156. The zero-order valence-electron chi connectivity index (χ0n) is 9.48. The molecule has 1 aliphatic heterocycles. The first-order valence-corrected chi connectivity index (χ1v) is 9.28. The summed E-state index contributed by atoms with van der Waals surface area (Å²) in [6.45, 7) is 0.563. The maximum absolute atomic E-state index is 11.3. The molecule has 0 spiro atoms. The third-order valence-corrected chi connectivity index (χ3v) is 5.44. The van der Waals surface area contributed by atoms with Gasteiger partial charge in [0.1, 0.15) is 9.84 Å². The summed E-state index contributed by atoms with van der Waals surface area (Å²) in [5.74, 6) is 0.625. The molecule has 0 radical (unpaired) electrons. The number of hydrogen-bond donors (Lipinski definition) is 1. The van der Waals surface area contributed by atoms with Crippen molar-refractivity contribution >= 4 is 19.7 Å². The Labute approximate surface area is 97.5 Å². The molecule has 7 heteroatoms. The van der Waals surface area contributed by atoms with Gasteiger partial charge in [0.2, 0.25) is 0 Å². The van der Waals surface area contributed by atoms with Gasteiger partial charge in [0, 0.05) is 12.3 Å². The van der Waals surface area contributed by atoms with E-state index in [2.05, 4.69) is 5.32 Å². The lowest BCUT2D eigenvalue weighted by Crippen LogP contribution is -2.40. The average molecular weight is 269 g/mol. The Morgan fingerprint density at radius 1 is 1.38 bits per heavy atom. The van der Waals surface area contributed by atoms with Crippen LogP contribution in [0.3, 0.4) is 0 Å². The number of nitrogens with one attached hydrogen (secondary N) is 1. The first-order valence-electron chi connectivity index (χ1n) is 5.40. The van der Waals surface area contributed by atoms with E-state index in [0.29, 0.717) is 19.4 Å². The monoisotopic (exact) mass is 269 g/mol. The lowest BCUT2D eigenvalue weighted by molar-refractivity contribution is 0.480. The first kappa shape index (κ1) is 13.9. The molecule has 1 N–H and O–H groups in total. The van der Waals surface area contributed by atoms with E-state index in [1.165, 1.54) is 6.26 Å². The molecule has 0 amide bonds. The largest absolute Gasteiger partial charge is 0.313 e. The molecule has 1 aliphatic rings. The molecule has 0 bridgehead atoms. The predicted octanol–water partition coefficient (Wildman–Crippen LogP) is -0.412. The van der Waals surface area contributed by atoms with Gasteiger partial charge in [-0.3, -0.25) is 0 Å². The summed E-state index contributed by atoms with van der Waals surface area (Å²) in [4.78, 5) is 0. The Kier molecular flexibility index (Phi) is 4.75. The highest BCUT2D eigenvalue weighted by atomic mass is 32.2. The summed E-state index contributed by atoms with van der Waals surface area (Å²) in [6, 6.07) is -0.00156. The fourth-order valence-electron chi connectivity index (χ4n) is 1.82. The van der Waals surface area contributed by atoms with Crippen LogP contribution in [0.4, 0.5) is 0 Å². The highest BCUT2D eigenvalue weighted by molar-refractivity contribution is 7.91. The third kappa shape index (κ3) is 5.81. The van der Waals surface area contributed by atoms with E-state index in [1.54, 1.807) is 0 Å². The Balaban J connectivity index is 2.23. The van der Waals surface area contributed by atoms with E-state index in [9.17, 15) is 16.8 Å². The number of rotatable bonds is 5. The van der Waals surface area contributed by atoms with E-state index in [1.807, 2.05) is 0 Å². The molecule has 1 heterocycles. The van der Waals surface area contributed by atoms with Crippen molar-refractivity contribution in [2.24, 2.45) is 0 Å². The van der Waals surface area contributed by atoms with Gasteiger partial charge >= 0.3 is 0 Å². The Morgan fingerprint density at radius 2 is 2.06 bits per heavy atom. The molecule has 1 rings (SSSR count). The van der Waals surface area contributed by atoms with Crippen molar-refractivity contribution in [2.45, 2.75) is 25.3 Å². The van der Waals surface area contributed by atoms with Gasteiger partial charge in [-0.1, -0.05) is 0 Å². The fraction of sp³-hybridized carbons (Fsp3) is 1.00. The molecule has 0 saturated carbocycles. The second kappa shape index (κ2) is 5.46. The molecule has 16 heavy (non-hydrogen) atoms. The van der Waals surface area contributed by atoms with E-state index in [-0.39, 0.29) is 23.3 Å². The second-order valence-corrected chi connectivity index (χ2v) is 8.88. The number of sulfone groups is 2. The van der Waals surface area contributed by atoms with Gasteiger partial charge in [0.15, 0.2) is 9.84 Å². The van der Waals surface area contributed by atoms with E-state index < -0.39 is 19.7 Å². The summed E-state index contributed by atoms with van der Waals surface area (Å²) in [5.41, 5.74) is 0. The molecule has 0 aliphatic carbocycles. The van der Waals surface area contributed by atoms with Crippen LogP contribution >= 0.6 is 0 Å². The van der Waals surface area contributed by atoms with Crippen molar-refractivity contribution in [3.05, 3.63) is 0 Å². The van der Waals surface area contributed by atoms with Crippen LogP contribution in [0.1, 0.15) is 19.3 Å². The highest BCUT2D eigenvalue weighted by Gasteiger charge is 2.23. The van der Waals surface area contributed by atoms with Crippen LogP contribution in [-0.2, 0) is 19.7 Å². The molecular formula is C9H19NO4S2. The zero-order valence-corrected chi connectivity index (χ0v) is 11.1. The van der Waals surface area contributed by atoms with Gasteiger partial charge < -0.3 is 5.32 Å². The number of hydrogen-bond acceptors (Lipinski definition) is 5. The maximum Gasteiger partial charge on any atom is 0.151 e. The van der Waals surface area contributed by atoms with Crippen molar-refractivity contribution in [2.75, 3.05) is 30.1 Å². The molecule has 5 nitrogen and oxygen atoms in total. The smallest absolute Gasteiger partial charge is 0.151 e. The predicted molar refractivity (Wildman–Crippen MR) is 64.0 cm³/mol. The first-order chi connectivity index (χ1) is 7.29. The van der Waals surface area contributed by atoms with E-state index in [0.717, 1.165) is 6.42 Å². The fourth-order valence-corrected chi connectivity index (χ4v) is 4.16. The minimum atomic E-state index is -2.91. The summed E-state index contributed by atoms with van der Waals surface area (Å²) in [5, 5.41) is 3.11. The summed E-state index contributed by atoms with van der Waals surface area (Å²) >= 11 is 0. The van der Waals surface area contributed by atoms with Crippen LogP contribution in [0.15, 0.2) is 0 Å². The van der Waals surface area contributed by atoms with Crippen LogP contribution in [0.5, 0.6) is 0 Å². The van der Waals surface area contributed by atoms with Crippen LogP contribution in [-0.4, -0.2) is 52.9 Å². The van der Waals surface area contributed by atoms with Crippen molar-refractivity contribution in [1.82, 2.24) is 5.32 Å². The topological polar surface area (TPSA) is 80.3 Å². The van der Waals surface area contributed by atoms with Crippen molar-refractivity contribution in [3.63, 3.8) is 0 Å². The van der Waals surface area contributed by atoms with Crippen molar-refractivity contribution in [1.29, 1.82) is 0 Å². The summed E-state index contributed by atoms with van der Waals surface area (Å²) in [6.07, 6.45) is 3.30. The quantitative estimate of drug-likeness (QED) is 0.686. The van der Waals surface area contributed by atoms with Crippen LogP contribution in [0.25, 0.3) is 0 Å². The van der Waals surface area contributed by atoms with Crippen LogP contribution in [0.2, 0.25) is 0 Å². The standard InChI is InChI=1S/C9H19NO4S2/c1-15(11,12)6-3-5-10-9-4-2-7-16(13,14)8-9/h9-10H,2-8H2,1H3. The molecule has 0 aromatic rings. The SMILES string of the molecule is CS(=O)(=O)CCCNC1CCCS(=O)(=O)C1. The maximum atomic E-state index is 11.3. The summed E-state index contributed by atoms with van der Waals surface area (Å²) < 4.78 is 44.4. The van der Waals surface area contributed by atoms with Gasteiger partial charge in [0.25, 0.3) is 0 Å². The molecule has 1 unspecified atom stereocenters. The van der Waals surface area contributed by atoms with Crippen LogP contribution in [0, 0.1) is 0 Å². The lowest BCUT2D eigenvalue weighted by Gasteiger charge is -2.22. The van der Waals surface area contributed by atoms with Gasteiger partial charge in [-0.05, 0) is 25.8 Å². The van der Waals surface area contributed by atoms with Crippen molar-refractivity contribution < 1.29 is 16.8 Å². The van der Waals surface area contributed by atoms with E-state index >= 15 is 0 Å².